The minimum absolute atomic E-state index is 0.102. The van der Waals surface area contributed by atoms with Crippen LogP contribution >= 0.6 is 0 Å². The van der Waals surface area contributed by atoms with Crippen molar-refractivity contribution >= 4 is 23.3 Å². The highest BCUT2D eigenvalue weighted by atomic mass is 19.4. The van der Waals surface area contributed by atoms with Crippen LogP contribution in [-0.2, 0) is 12.4 Å². The fraction of sp³-hybridized carbons (Fsp3) is 0.294. The van der Waals surface area contributed by atoms with E-state index in [0.29, 0.717) is 49.9 Å². The van der Waals surface area contributed by atoms with Crippen LogP contribution in [0.3, 0.4) is 0 Å². The Morgan fingerprint density at radius 3 is 1.20 bits per heavy atom. The number of anilines is 2. The number of hydrogen-bond acceptors (Lipinski definition) is 6. The average Bonchev–Trinajstić information content (AvgIpc) is 3.10. The normalized spacial score (nSPS) is 16.6. The van der Waals surface area contributed by atoms with E-state index in [1.165, 1.54) is 9.80 Å². The summed E-state index contributed by atoms with van der Waals surface area (Å²) in [6, 6.07) is 16.2. The molecule has 0 amide bonds. The lowest BCUT2D eigenvalue weighted by Gasteiger charge is -2.38. The second kappa shape index (κ2) is 14.3. The van der Waals surface area contributed by atoms with Gasteiger partial charge in [0.15, 0.2) is 11.7 Å². The predicted molar refractivity (Wildman–Crippen MR) is 172 cm³/mol. The summed E-state index contributed by atoms with van der Waals surface area (Å²) in [6.45, 7) is 1.58. The van der Waals surface area contributed by atoms with Gasteiger partial charge >= 0.3 is 12.4 Å². The van der Waals surface area contributed by atoms with Gasteiger partial charge in [0.05, 0.1) is 0 Å². The first-order valence-electron chi connectivity index (χ1n) is 15.6. The molecule has 2 aromatic carbocycles. The molecule has 16 heteroatoms. The van der Waals surface area contributed by atoms with Gasteiger partial charge in [0.25, 0.3) is 0 Å². The fourth-order valence-corrected chi connectivity index (χ4v) is 6.04. The van der Waals surface area contributed by atoms with Crippen molar-refractivity contribution in [3.05, 3.63) is 119 Å². The topological polar surface area (TPSA) is 63.5 Å². The molecule has 8 nitrogen and oxygen atoms in total. The zero-order valence-electron chi connectivity index (χ0n) is 26.3. The second-order valence-corrected chi connectivity index (χ2v) is 11.5. The minimum atomic E-state index is -5.14. The molecule has 262 valence electrons. The lowest BCUT2D eigenvalue weighted by atomic mass is 10.0. The largest absolute Gasteiger partial charge is 0.419 e. The molecule has 2 aliphatic heterocycles. The Labute approximate surface area is 282 Å². The summed E-state index contributed by atoms with van der Waals surface area (Å²) < 4.78 is 116. The summed E-state index contributed by atoms with van der Waals surface area (Å²) in [5.41, 5.74) is -4.45. The van der Waals surface area contributed by atoms with Crippen molar-refractivity contribution in [1.82, 2.24) is 19.8 Å². The van der Waals surface area contributed by atoms with Gasteiger partial charge in [0.2, 0.25) is 0 Å². The second-order valence-electron chi connectivity index (χ2n) is 11.5. The smallest absolute Gasteiger partial charge is 0.353 e. The molecular formula is C34H30F8N8. The molecule has 2 fully saturated rings. The number of pyridine rings is 2. The van der Waals surface area contributed by atoms with Crippen LogP contribution < -0.4 is 9.80 Å². The van der Waals surface area contributed by atoms with Crippen LogP contribution in [0.1, 0.15) is 22.3 Å². The molecule has 4 aromatic rings. The summed E-state index contributed by atoms with van der Waals surface area (Å²) in [5, 5.41) is 8.37. The highest BCUT2D eigenvalue weighted by molar-refractivity contribution is 6.03. The summed E-state index contributed by atoms with van der Waals surface area (Å²) in [5.74, 6) is -2.60. The summed E-state index contributed by atoms with van der Waals surface area (Å²) in [6.07, 6.45) is -7.08. The monoisotopic (exact) mass is 702 g/mol. The third-order valence-electron chi connectivity index (χ3n) is 8.42. The molecule has 2 saturated heterocycles. The Bertz CT molecular complexity index is 1700. The number of rotatable bonds is 5. The van der Waals surface area contributed by atoms with E-state index < -0.39 is 57.9 Å². The highest BCUT2D eigenvalue weighted by Gasteiger charge is 2.41. The van der Waals surface area contributed by atoms with Gasteiger partial charge in [0, 0.05) is 75.9 Å². The van der Waals surface area contributed by atoms with Crippen LogP contribution in [-0.4, -0.2) is 83.8 Å². The van der Waals surface area contributed by atoms with Crippen molar-refractivity contribution in [2.45, 2.75) is 12.4 Å². The Kier molecular flexibility index (Phi) is 9.88. The lowest BCUT2D eigenvalue weighted by molar-refractivity contribution is -0.141. The highest BCUT2D eigenvalue weighted by Crippen LogP contribution is 2.37. The molecule has 6 rings (SSSR count). The molecule has 0 unspecified atom stereocenters. The number of nitrogens with zero attached hydrogens (tertiary/aromatic N) is 8. The molecule has 0 saturated carbocycles. The molecule has 2 aliphatic rings. The van der Waals surface area contributed by atoms with Gasteiger partial charge in [-0.2, -0.15) is 26.3 Å². The first-order chi connectivity index (χ1) is 23.9. The number of hydrogen-bond donors (Lipinski definition) is 0. The third kappa shape index (κ3) is 7.48. The van der Waals surface area contributed by atoms with Crippen molar-refractivity contribution in [2.24, 2.45) is 10.2 Å². The number of halogens is 8. The number of aromatic nitrogens is 2. The van der Waals surface area contributed by atoms with Gasteiger partial charge in [-0.3, -0.25) is 0 Å². The van der Waals surface area contributed by atoms with Gasteiger partial charge in [-0.25, -0.2) is 18.7 Å². The van der Waals surface area contributed by atoms with Gasteiger partial charge in [-0.15, -0.1) is 10.2 Å². The zero-order valence-corrected chi connectivity index (χ0v) is 26.3. The van der Waals surface area contributed by atoms with Gasteiger partial charge in [-0.1, -0.05) is 36.4 Å². The first kappa shape index (κ1) is 34.6. The van der Waals surface area contributed by atoms with Gasteiger partial charge < -0.3 is 19.6 Å². The third-order valence-corrected chi connectivity index (χ3v) is 8.42. The summed E-state index contributed by atoms with van der Waals surface area (Å²) >= 11 is 0. The molecule has 0 radical (unpaired) electrons. The number of alkyl halides is 6. The summed E-state index contributed by atoms with van der Waals surface area (Å²) in [7, 11) is 0. The van der Waals surface area contributed by atoms with E-state index in [9.17, 15) is 35.1 Å². The van der Waals surface area contributed by atoms with Crippen molar-refractivity contribution in [3.63, 3.8) is 0 Å². The fourth-order valence-electron chi connectivity index (χ4n) is 6.04. The minimum Gasteiger partial charge on any atom is -0.353 e. The van der Waals surface area contributed by atoms with Crippen LogP contribution in [0.4, 0.5) is 46.8 Å². The molecule has 0 spiro atoms. The van der Waals surface area contributed by atoms with Crippen LogP contribution in [0.2, 0.25) is 0 Å². The van der Waals surface area contributed by atoms with E-state index in [4.69, 9.17) is 0 Å². The molecule has 2 aromatic heterocycles. The maximum Gasteiger partial charge on any atom is 0.419 e. The molecular weight excluding hydrogens is 672 g/mol. The van der Waals surface area contributed by atoms with Crippen molar-refractivity contribution in [2.75, 3.05) is 62.2 Å². The maximum absolute atomic E-state index is 14.9. The predicted octanol–water partition coefficient (Wildman–Crippen LogP) is 6.55. The average molecular weight is 703 g/mol. The van der Waals surface area contributed by atoms with Crippen LogP contribution in [0.5, 0.6) is 0 Å². The molecule has 50 heavy (non-hydrogen) atoms. The van der Waals surface area contributed by atoms with Gasteiger partial charge in [-0.05, 0) is 36.4 Å². The molecule has 0 atom stereocenters. The molecule has 4 heterocycles. The van der Waals surface area contributed by atoms with Crippen LogP contribution in [0, 0.1) is 11.6 Å². The van der Waals surface area contributed by atoms with Gasteiger partial charge in [0.1, 0.15) is 34.4 Å². The Morgan fingerprint density at radius 2 is 0.880 bits per heavy atom. The SMILES string of the molecule is Fc1cccc(C(=NN=C(c2cccc(F)c2C(F)(F)F)N2CCN(c3ccccn3)CC2)N2CCN(c3ccccn3)CC2)c1C(F)(F)F. The van der Waals surface area contributed by atoms with Crippen molar-refractivity contribution in [3.8, 4) is 0 Å². The van der Waals surface area contributed by atoms with E-state index in [2.05, 4.69) is 20.2 Å². The maximum atomic E-state index is 14.9. The lowest BCUT2D eigenvalue weighted by Crippen LogP contribution is -2.50. The number of piperazine rings is 2. The van der Waals surface area contributed by atoms with E-state index in [1.54, 1.807) is 48.8 Å². The van der Waals surface area contributed by atoms with Crippen LogP contribution in [0.15, 0.2) is 95.4 Å². The van der Waals surface area contributed by atoms with Crippen molar-refractivity contribution in [1.29, 1.82) is 0 Å². The van der Waals surface area contributed by atoms with E-state index in [-0.39, 0.29) is 26.2 Å². The molecule has 0 N–H and O–H groups in total. The van der Waals surface area contributed by atoms with Crippen LogP contribution in [0.25, 0.3) is 0 Å². The quantitative estimate of drug-likeness (QED) is 0.102. The van der Waals surface area contributed by atoms with E-state index >= 15 is 0 Å². The van der Waals surface area contributed by atoms with Crippen molar-refractivity contribution < 1.29 is 35.1 Å². The zero-order chi connectivity index (χ0) is 35.5. The number of amidine groups is 2. The number of benzene rings is 2. The Hall–Kier alpha value is -5.28. The Morgan fingerprint density at radius 1 is 0.500 bits per heavy atom. The molecule has 0 aliphatic carbocycles. The van der Waals surface area contributed by atoms with E-state index in [1.807, 2.05) is 9.80 Å². The Balaban J connectivity index is 1.46. The van der Waals surface area contributed by atoms with E-state index in [0.717, 1.165) is 24.3 Å². The summed E-state index contributed by atoms with van der Waals surface area (Å²) in [4.78, 5) is 15.4. The standard InChI is InChI=1S/C34H30F8N8/c35-25-9-5-7-23(29(25)33(37,38)39)31(49-19-15-47(16-20-49)27-11-1-3-13-43-27)45-46-32(24-8-6-10-26(36)30(24)34(40,41)42)50-21-17-48(18-22-50)28-12-2-4-14-44-28/h1-14H,15-22H2. The molecule has 0 bridgehead atoms. The first-order valence-corrected chi connectivity index (χ1v) is 15.6.